The van der Waals surface area contributed by atoms with Crippen LogP contribution in [0.15, 0.2) is 24.1 Å². The zero-order chi connectivity index (χ0) is 9.80. The number of hydrogen-bond acceptors (Lipinski definition) is 4. The Morgan fingerprint density at radius 2 is 2.43 bits per heavy atom. The van der Waals surface area contributed by atoms with Crippen molar-refractivity contribution in [3.05, 3.63) is 34.8 Å². The highest BCUT2D eigenvalue weighted by atomic mass is 32.1. The van der Waals surface area contributed by atoms with E-state index in [-0.39, 0.29) is 0 Å². The van der Waals surface area contributed by atoms with Crippen LogP contribution in [0.2, 0.25) is 0 Å². The van der Waals surface area contributed by atoms with E-state index in [2.05, 4.69) is 15.3 Å². The Balaban J connectivity index is 1.81. The molecule has 2 heterocycles. The predicted octanol–water partition coefficient (Wildman–Crippen LogP) is 1.17. The molecule has 0 fully saturated rings. The first-order valence-corrected chi connectivity index (χ1v) is 5.28. The fourth-order valence-electron chi connectivity index (χ4n) is 1.19. The number of hydrogen-bond donors (Lipinski definition) is 1. The van der Waals surface area contributed by atoms with Gasteiger partial charge in [0.15, 0.2) is 0 Å². The summed E-state index contributed by atoms with van der Waals surface area (Å²) in [5.74, 6) is 0. The Bertz CT molecular complexity index is 379. The molecule has 0 bridgehead atoms. The third-order valence-electron chi connectivity index (χ3n) is 1.98. The molecule has 14 heavy (non-hydrogen) atoms. The molecule has 74 valence electrons. The van der Waals surface area contributed by atoms with Crippen LogP contribution in [-0.2, 0) is 20.1 Å². The van der Waals surface area contributed by atoms with Gasteiger partial charge in [0, 0.05) is 37.9 Å². The number of aryl methyl sites for hydroxylation is 1. The van der Waals surface area contributed by atoms with Gasteiger partial charge < -0.3 is 9.88 Å². The molecule has 1 N–H and O–H groups in total. The summed E-state index contributed by atoms with van der Waals surface area (Å²) >= 11 is 1.67. The van der Waals surface area contributed by atoms with Crippen molar-refractivity contribution >= 4 is 11.3 Å². The topological polar surface area (TPSA) is 42.7 Å². The monoisotopic (exact) mass is 208 g/mol. The van der Waals surface area contributed by atoms with Crippen LogP contribution in [0.1, 0.15) is 10.7 Å². The van der Waals surface area contributed by atoms with E-state index < -0.39 is 0 Å². The third-order valence-corrected chi connectivity index (χ3v) is 2.76. The molecule has 2 rings (SSSR count). The molecule has 0 aliphatic heterocycles. The lowest BCUT2D eigenvalue weighted by atomic mass is 10.4. The van der Waals surface area contributed by atoms with Crippen molar-refractivity contribution in [3.8, 4) is 0 Å². The quantitative estimate of drug-likeness (QED) is 0.820. The number of imidazole rings is 1. The molecule has 2 aromatic rings. The standard InChI is InChI=1S/C9H12N4S/c1-13-7-11-5-8(13)4-10-6-9-12-2-3-14-9/h2-3,5,7,10H,4,6H2,1H3. The van der Waals surface area contributed by atoms with Crippen molar-refractivity contribution in [2.75, 3.05) is 0 Å². The van der Waals surface area contributed by atoms with Gasteiger partial charge in [0.25, 0.3) is 0 Å². The Hall–Kier alpha value is -1.20. The van der Waals surface area contributed by atoms with Gasteiger partial charge in [0.1, 0.15) is 5.01 Å². The first-order chi connectivity index (χ1) is 6.86. The number of rotatable bonds is 4. The second kappa shape index (κ2) is 4.34. The number of thiazole rings is 1. The zero-order valence-corrected chi connectivity index (χ0v) is 8.79. The van der Waals surface area contributed by atoms with Gasteiger partial charge in [-0.2, -0.15) is 0 Å². The Morgan fingerprint density at radius 3 is 3.07 bits per heavy atom. The molecule has 0 saturated heterocycles. The molecule has 0 saturated carbocycles. The molecule has 0 spiro atoms. The molecule has 0 aliphatic rings. The second-order valence-electron chi connectivity index (χ2n) is 3.03. The van der Waals surface area contributed by atoms with Crippen LogP contribution in [0.5, 0.6) is 0 Å². The Kier molecular flexibility index (Phi) is 2.90. The first kappa shape index (κ1) is 9.36. The molecular weight excluding hydrogens is 196 g/mol. The Labute approximate surface area is 86.6 Å². The van der Waals surface area contributed by atoms with Crippen molar-refractivity contribution in [2.24, 2.45) is 7.05 Å². The summed E-state index contributed by atoms with van der Waals surface area (Å²) < 4.78 is 2.01. The molecule has 0 amide bonds. The van der Waals surface area contributed by atoms with Gasteiger partial charge >= 0.3 is 0 Å². The Morgan fingerprint density at radius 1 is 1.50 bits per heavy atom. The maximum Gasteiger partial charge on any atom is 0.106 e. The third kappa shape index (κ3) is 2.18. The lowest BCUT2D eigenvalue weighted by molar-refractivity contribution is 0.653. The van der Waals surface area contributed by atoms with Crippen LogP contribution in [0.3, 0.4) is 0 Å². The molecule has 0 radical (unpaired) electrons. The molecule has 5 heteroatoms. The fraction of sp³-hybridized carbons (Fsp3) is 0.333. The van der Waals surface area contributed by atoms with Gasteiger partial charge in [-0.25, -0.2) is 9.97 Å². The van der Waals surface area contributed by atoms with E-state index in [1.54, 1.807) is 17.7 Å². The molecule has 0 aromatic carbocycles. The lowest BCUT2D eigenvalue weighted by Gasteiger charge is -2.02. The van der Waals surface area contributed by atoms with Crippen molar-refractivity contribution in [1.82, 2.24) is 19.9 Å². The average molecular weight is 208 g/mol. The fourth-order valence-corrected chi connectivity index (χ4v) is 1.78. The number of aromatic nitrogens is 3. The van der Waals surface area contributed by atoms with Gasteiger partial charge in [0.2, 0.25) is 0 Å². The summed E-state index contributed by atoms with van der Waals surface area (Å²) in [4.78, 5) is 8.24. The second-order valence-corrected chi connectivity index (χ2v) is 4.00. The van der Waals surface area contributed by atoms with Gasteiger partial charge in [-0.1, -0.05) is 0 Å². The SMILES string of the molecule is Cn1cncc1CNCc1nccs1. The van der Waals surface area contributed by atoms with Crippen LogP contribution >= 0.6 is 11.3 Å². The van der Waals surface area contributed by atoms with E-state index in [0.717, 1.165) is 18.1 Å². The molecule has 0 unspecified atom stereocenters. The summed E-state index contributed by atoms with van der Waals surface area (Å²) in [6, 6.07) is 0. The summed E-state index contributed by atoms with van der Waals surface area (Å²) in [7, 11) is 1.99. The van der Waals surface area contributed by atoms with E-state index in [0.29, 0.717) is 0 Å². The minimum Gasteiger partial charge on any atom is -0.337 e. The summed E-state index contributed by atoms with van der Waals surface area (Å²) in [6.07, 6.45) is 5.50. The summed E-state index contributed by atoms with van der Waals surface area (Å²) in [5, 5.41) is 6.42. The highest BCUT2D eigenvalue weighted by Gasteiger charge is 1.98. The highest BCUT2D eigenvalue weighted by molar-refractivity contribution is 7.09. The van der Waals surface area contributed by atoms with Gasteiger partial charge in [-0.3, -0.25) is 0 Å². The van der Waals surface area contributed by atoms with Crippen LogP contribution in [0, 0.1) is 0 Å². The van der Waals surface area contributed by atoms with E-state index in [1.165, 1.54) is 5.69 Å². The van der Waals surface area contributed by atoms with Gasteiger partial charge in [0.05, 0.1) is 12.0 Å². The summed E-state index contributed by atoms with van der Waals surface area (Å²) in [5.41, 5.74) is 1.18. The van der Waals surface area contributed by atoms with Gasteiger partial charge in [-0.05, 0) is 0 Å². The normalized spacial score (nSPS) is 10.6. The minimum atomic E-state index is 0.822. The van der Waals surface area contributed by atoms with Crippen LogP contribution in [-0.4, -0.2) is 14.5 Å². The van der Waals surface area contributed by atoms with Crippen molar-refractivity contribution in [1.29, 1.82) is 0 Å². The van der Waals surface area contributed by atoms with E-state index >= 15 is 0 Å². The smallest absolute Gasteiger partial charge is 0.106 e. The zero-order valence-electron chi connectivity index (χ0n) is 7.97. The molecule has 2 aromatic heterocycles. The predicted molar refractivity (Wildman–Crippen MR) is 55.9 cm³/mol. The molecule has 0 atom stereocenters. The maximum absolute atomic E-state index is 4.19. The van der Waals surface area contributed by atoms with Gasteiger partial charge in [-0.15, -0.1) is 11.3 Å². The van der Waals surface area contributed by atoms with Crippen LogP contribution in [0.25, 0.3) is 0 Å². The maximum atomic E-state index is 4.19. The van der Waals surface area contributed by atoms with E-state index in [9.17, 15) is 0 Å². The average Bonchev–Trinajstić information content (AvgIpc) is 2.78. The van der Waals surface area contributed by atoms with Crippen LogP contribution in [0.4, 0.5) is 0 Å². The van der Waals surface area contributed by atoms with Crippen molar-refractivity contribution in [3.63, 3.8) is 0 Å². The number of nitrogens with one attached hydrogen (secondary N) is 1. The largest absolute Gasteiger partial charge is 0.337 e. The minimum absolute atomic E-state index is 0.822. The first-order valence-electron chi connectivity index (χ1n) is 4.40. The lowest BCUT2D eigenvalue weighted by Crippen LogP contribution is -2.14. The van der Waals surface area contributed by atoms with Crippen LogP contribution < -0.4 is 5.32 Å². The highest BCUT2D eigenvalue weighted by Crippen LogP contribution is 2.03. The van der Waals surface area contributed by atoms with E-state index in [4.69, 9.17) is 0 Å². The molecular formula is C9H12N4S. The molecule has 0 aliphatic carbocycles. The van der Waals surface area contributed by atoms with Crippen molar-refractivity contribution in [2.45, 2.75) is 13.1 Å². The van der Waals surface area contributed by atoms with E-state index in [1.807, 2.05) is 29.4 Å². The summed E-state index contributed by atoms with van der Waals surface area (Å²) in [6.45, 7) is 1.65. The number of nitrogens with zero attached hydrogens (tertiary/aromatic N) is 3. The van der Waals surface area contributed by atoms with Crippen molar-refractivity contribution < 1.29 is 0 Å². The molecule has 4 nitrogen and oxygen atoms in total.